The van der Waals surface area contributed by atoms with Crippen molar-refractivity contribution in [1.82, 2.24) is 15.2 Å². The molecule has 16 heavy (non-hydrogen) atoms. The van der Waals surface area contributed by atoms with Gasteiger partial charge in [-0.05, 0) is 6.07 Å². The Balaban J connectivity index is 2.81. The number of rotatable bonds is 2. The van der Waals surface area contributed by atoms with E-state index in [4.69, 9.17) is 5.11 Å². The molecule has 0 amide bonds. The van der Waals surface area contributed by atoms with Crippen LogP contribution in [0.25, 0.3) is 10.9 Å². The second-order valence-electron chi connectivity index (χ2n) is 3.04. The van der Waals surface area contributed by atoms with Gasteiger partial charge >= 0.3 is 5.97 Å². The summed E-state index contributed by atoms with van der Waals surface area (Å²) in [5, 5.41) is 28.2. The number of nitrogens with one attached hydrogen (secondary N) is 1. The van der Waals surface area contributed by atoms with Crippen molar-refractivity contribution in [3.8, 4) is 5.88 Å². The molecule has 0 saturated heterocycles. The van der Waals surface area contributed by atoms with Crippen LogP contribution in [0.3, 0.4) is 0 Å². The van der Waals surface area contributed by atoms with Crippen LogP contribution in [-0.4, -0.2) is 38.4 Å². The van der Waals surface area contributed by atoms with Crippen LogP contribution >= 0.6 is 0 Å². The van der Waals surface area contributed by atoms with Crippen LogP contribution in [0.1, 0.15) is 10.4 Å². The first-order chi connectivity index (χ1) is 7.63. The Kier molecular flexibility index (Phi) is 2.28. The van der Waals surface area contributed by atoms with E-state index in [0.29, 0.717) is 5.52 Å². The van der Waals surface area contributed by atoms with Gasteiger partial charge in [-0.1, -0.05) is 0 Å². The van der Waals surface area contributed by atoms with Crippen molar-refractivity contribution in [1.29, 1.82) is 0 Å². The molecule has 0 atom stereocenters. The third-order valence-electron chi connectivity index (χ3n) is 2.09. The summed E-state index contributed by atoms with van der Waals surface area (Å²) < 4.78 is 0. The zero-order valence-electron chi connectivity index (χ0n) is 8.30. The van der Waals surface area contributed by atoms with Gasteiger partial charge in [0.1, 0.15) is 11.4 Å². The molecule has 0 radical (unpaired) electrons. The summed E-state index contributed by atoms with van der Waals surface area (Å²) in [5.74, 6) is -1.25. The van der Waals surface area contributed by atoms with Crippen LogP contribution in [0.2, 0.25) is 0 Å². The first-order valence-corrected chi connectivity index (χ1v) is 4.40. The zero-order chi connectivity index (χ0) is 11.7. The largest absolute Gasteiger partial charge is 0.492 e. The second-order valence-corrected chi connectivity index (χ2v) is 3.04. The molecule has 0 spiro atoms. The van der Waals surface area contributed by atoms with Crippen molar-refractivity contribution in [2.24, 2.45) is 0 Å². The van der Waals surface area contributed by atoms with Gasteiger partial charge in [0.15, 0.2) is 0 Å². The Morgan fingerprint density at radius 1 is 1.50 bits per heavy atom. The molecule has 7 heteroatoms. The number of aromatic nitrogens is 3. The van der Waals surface area contributed by atoms with Crippen LogP contribution < -0.4 is 5.32 Å². The van der Waals surface area contributed by atoms with Crippen molar-refractivity contribution < 1.29 is 15.0 Å². The number of hydrogen-bond donors (Lipinski definition) is 3. The number of carbonyl (C=O) groups is 1. The van der Waals surface area contributed by atoms with E-state index in [9.17, 15) is 9.90 Å². The van der Waals surface area contributed by atoms with Crippen molar-refractivity contribution in [2.75, 3.05) is 12.4 Å². The maximum atomic E-state index is 10.9. The highest BCUT2D eigenvalue weighted by molar-refractivity contribution is 5.98. The number of fused-ring (bicyclic) bond motifs is 1. The van der Waals surface area contributed by atoms with Crippen LogP contribution in [0.5, 0.6) is 5.88 Å². The molecule has 2 heterocycles. The Morgan fingerprint density at radius 2 is 2.25 bits per heavy atom. The predicted molar refractivity (Wildman–Crippen MR) is 55.5 cm³/mol. The Morgan fingerprint density at radius 3 is 2.88 bits per heavy atom. The van der Waals surface area contributed by atoms with Crippen LogP contribution in [0, 0.1) is 0 Å². The summed E-state index contributed by atoms with van der Waals surface area (Å²) >= 11 is 0. The average molecular weight is 220 g/mol. The summed E-state index contributed by atoms with van der Waals surface area (Å²) in [4.78, 5) is 15.0. The van der Waals surface area contributed by atoms with Crippen molar-refractivity contribution in [2.45, 2.75) is 0 Å². The quantitative estimate of drug-likeness (QED) is 0.674. The van der Waals surface area contributed by atoms with Gasteiger partial charge in [-0.2, -0.15) is 5.10 Å². The van der Waals surface area contributed by atoms with E-state index in [1.165, 1.54) is 12.3 Å². The van der Waals surface area contributed by atoms with Gasteiger partial charge in [0.05, 0.1) is 17.1 Å². The highest BCUT2D eigenvalue weighted by atomic mass is 16.4. The summed E-state index contributed by atoms with van der Waals surface area (Å²) in [6, 6.07) is 1.31. The molecule has 0 aromatic carbocycles. The lowest BCUT2D eigenvalue weighted by molar-refractivity contribution is 0.0698. The summed E-state index contributed by atoms with van der Waals surface area (Å²) in [6.07, 6.45) is 1.35. The van der Waals surface area contributed by atoms with E-state index < -0.39 is 5.97 Å². The smallest absolute Gasteiger partial charge is 0.339 e. The van der Waals surface area contributed by atoms with E-state index in [2.05, 4.69) is 20.5 Å². The fourth-order valence-corrected chi connectivity index (χ4v) is 1.35. The second kappa shape index (κ2) is 3.61. The normalized spacial score (nSPS) is 10.3. The van der Waals surface area contributed by atoms with E-state index >= 15 is 0 Å². The minimum absolute atomic E-state index is 0.0294. The van der Waals surface area contributed by atoms with Gasteiger partial charge < -0.3 is 15.5 Å². The molecule has 2 rings (SSSR count). The lowest BCUT2D eigenvalue weighted by atomic mass is 10.2. The number of aromatic carboxylic acids is 1. The molecule has 0 aliphatic rings. The molecule has 0 aliphatic heterocycles. The van der Waals surface area contributed by atoms with Gasteiger partial charge in [0.25, 0.3) is 0 Å². The topological polar surface area (TPSA) is 108 Å². The van der Waals surface area contributed by atoms with E-state index in [1.54, 1.807) is 7.05 Å². The molecule has 7 nitrogen and oxygen atoms in total. The number of anilines is 1. The molecular formula is C9H8N4O3. The standard InChI is InChI=1S/C9H8N4O3/c1-10-7-5(9(15)16)2-4-6(12-7)3-11-13-8(4)14/h2-3H,1H3,(H,10,12)(H,13,14)(H,15,16). The summed E-state index contributed by atoms with van der Waals surface area (Å²) in [5.41, 5.74) is 0.347. The van der Waals surface area contributed by atoms with Crippen molar-refractivity contribution >= 4 is 22.7 Å². The van der Waals surface area contributed by atoms with Crippen LogP contribution in [-0.2, 0) is 0 Å². The Hall–Kier alpha value is -2.44. The third kappa shape index (κ3) is 1.48. The minimum Gasteiger partial charge on any atom is -0.492 e. The fourth-order valence-electron chi connectivity index (χ4n) is 1.35. The van der Waals surface area contributed by atoms with Gasteiger partial charge in [-0.25, -0.2) is 9.78 Å². The minimum atomic E-state index is -1.13. The van der Waals surface area contributed by atoms with Gasteiger partial charge in [0.2, 0.25) is 5.88 Å². The maximum absolute atomic E-state index is 10.9. The lowest BCUT2D eigenvalue weighted by Gasteiger charge is -2.06. The number of pyridine rings is 1. The Bertz CT molecular complexity index is 570. The van der Waals surface area contributed by atoms with E-state index in [0.717, 1.165) is 0 Å². The van der Waals surface area contributed by atoms with Gasteiger partial charge in [-0.15, -0.1) is 5.10 Å². The molecule has 0 saturated carbocycles. The van der Waals surface area contributed by atoms with Crippen molar-refractivity contribution in [3.05, 3.63) is 17.8 Å². The van der Waals surface area contributed by atoms with E-state index in [-0.39, 0.29) is 22.6 Å². The predicted octanol–water partition coefficient (Wildman–Crippen LogP) is 0.470. The Labute approximate surface area is 89.8 Å². The maximum Gasteiger partial charge on any atom is 0.339 e. The van der Waals surface area contributed by atoms with Crippen molar-refractivity contribution in [3.63, 3.8) is 0 Å². The number of nitrogens with zero attached hydrogens (tertiary/aromatic N) is 3. The van der Waals surface area contributed by atoms with Crippen LogP contribution in [0.4, 0.5) is 5.82 Å². The molecule has 2 aromatic heterocycles. The SMILES string of the molecule is CNc1nc2cnnc(O)c2cc1C(=O)O. The first kappa shape index (κ1) is 10.1. The van der Waals surface area contributed by atoms with Gasteiger partial charge in [0, 0.05) is 7.05 Å². The highest BCUT2D eigenvalue weighted by Crippen LogP contribution is 2.24. The summed E-state index contributed by atoms with van der Waals surface area (Å²) in [6.45, 7) is 0. The third-order valence-corrected chi connectivity index (χ3v) is 2.09. The highest BCUT2D eigenvalue weighted by Gasteiger charge is 2.14. The molecule has 3 N–H and O–H groups in total. The fraction of sp³-hybridized carbons (Fsp3) is 0.111. The summed E-state index contributed by atoms with van der Waals surface area (Å²) in [7, 11) is 1.56. The first-order valence-electron chi connectivity index (χ1n) is 4.40. The molecular weight excluding hydrogens is 212 g/mol. The zero-order valence-corrected chi connectivity index (χ0v) is 8.30. The number of hydrogen-bond acceptors (Lipinski definition) is 6. The van der Waals surface area contributed by atoms with Gasteiger partial charge in [-0.3, -0.25) is 0 Å². The number of aromatic hydroxyl groups is 1. The molecule has 0 unspecified atom stereocenters. The average Bonchev–Trinajstić information content (AvgIpc) is 2.27. The lowest BCUT2D eigenvalue weighted by Crippen LogP contribution is -2.05. The number of carboxylic acids is 1. The molecule has 0 bridgehead atoms. The monoisotopic (exact) mass is 220 g/mol. The molecule has 2 aromatic rings. The van der Waals surface area contributed by atoms with E-state index in [1.807, 2.05) is 0 Å². The molecule has 82 valence electrons. The number of carboxylic acid groups (broad SMARTS) is 1. The molecule has 0 fully saturated rings. The molecule has 0 aliphatic carbocycles. The van der Waals surface area contributed by atoms with Crippen LogP contribution in [0.15, 0.2) is 12.3 Å².